The topological polar surface area (TPSA) is 12.0 Å². The monoisotopic (exact) mass is 293 g/mol. The molecule has 2 unspecified atom stereocenters. The van der Waals surface area contributed by atoms with Crippen LogP contribution in [-0.2, 0) is 0 Å². The zero-order chi connectivity index (χ0) is 14.4. The van der Waals surface area contributed by atoms with Crippen LogP contribution in [0.15, 0.2) is 24.3 Å². The quantitative estimate of drug-likeness (QED) is 0.683. The Labute approximate surface area is 129 Å². The fourth-order valence-corrected chi connectivity index (χ4v) is 3.57. The van der Waals surface area contributed by atoms with E-state index in [0.717, 1.165) is 10.9 Å². The average Bonchev–Trinajstić information content (AvgIpc) is 2.66. The van der Waals surface area contributed by atoms with E-state index in [0.29, 0.717) is 12.1 Å². The Morgan fingerprint density at radius 3 is 2.60 bits per heavy atom. The molecule has 112 valence electrons. The van der Waals surface area contributed by atoms with Gasteiger partial charge in [0.1, 0.15) is 0 Å². The van der Waals surface area contributed by atoms with Gasteiger partial charge in [-0.05, 0) is 49.8 Å². The largest absolute Gasteiger partial charge is 0.307 e. The average molecular weight is 294 g/mol. The van der Waals surface area contributed by atoms with Gasteiger partial charge in [0.05, 0.1) is 0 Å². The van der Waals surface area contributed by atoms with Crippen molar-refractivity contribution in [3.63, 3.8) is 0 Å². The number of hydrogen-bond acceptors (Lipinski definition) is 1. The third kappa shape index (κ3) is 4.79. The number of hydrogen-bond donors (Lipinski definition) is 1. The van der Waals surface area contributed by atoms with Crippen LogP contribution >= 0.6 is 11.6 Å². The van der Waals surface area contributed by atoms with Crippen LogP contribution in [0.2, 0.25) is 5.02 Å². The summed E-state index contributed by atoms with van der Waals surface area (Å²) in [6.45, 7) is 4.57. The highest BCUT2D eigenvalue weighted by atomic mass is 35.5. The molecule has 1 N–H and O–H groups in total. The molecule has 0 radical (unpaired) electrons. The summed E-state index contributed by atoms with van der Waals surface area (Å²) in [5, 5.41) is 4.63. The van der Waals surface area contributed by atoms with Crippen LogP contribution in [0.5, 0.6) is 0 Å². The van der Waals surface area contributed by atoms with Crippen LogP contribution in [0.4, 0.5) is 0 Å². The van der Waals surface area contributed by atoms with E-state index in [-0.39, 0.29) is 0 Å². The first kappa shape index (κ1) is 15.9. The summed E-state index contributed by atoms with van der Waals surface area (Å²) in [7, 11) is 0. The predicted molar refractivity (Wildman–Crippen MR) is 88.3 cm³/mol. The first-order valence-corrected chi connectivity index (χ1v) is 8.58. The third-order valence-corrected chi connectivity index (χ3v) is 4.89. The van der Waals surface area contributed by atoms with E-state index in [2.05, 4.69) is 31.3 Å². The maximum atomic E-state index is 5.96. The van der Waals surface area contributed by atoms with Crippen molar-refractivity contribution in [3.05, 3.63) is 34.9 Å². The van der Waals surface area contributed by atoms with Crippen LogP contribution in [0.25, 0.3) is 0 Å². The van der Waals surface area contributed by atoms with Gasteiger partial charge in [0.25, 0.3) is 0 Å². The zero-order valence-corrected chi connectivity index (χ0v) is 13.6. The van der Waals surface area contributed by atoms with Crippen molar-refractivity contribution in [2.75, 3.05) is 0 Å². The summed E-state index contributed by atoms with van der Waals surface area (Å²) in [5.74, 6) is 0.970. The van der Waals surface area contributed by atoms with Gasteiger partial charge in [-0.15, -0.1) is 0 Å². The predicted octanol–water partition coefficient (Wildman–Crippen LogP) is 5.74. The van der Waals surface area contributed by atoms with E-state index in [4.69, 9.17) is 11.6 Å². The van der Waals surface area contributed by atoms with Crippen molar-refractivity contribution < 1.29 is 0 Å². The summed E-state index contributed by atoms with van der Waals surface area (Å²) in [6, 6.07) is 9.34. The zero-order valence-electron chi connectivity index (χ0n) is 12.9. The summed E-state index contributed by atoms with van der Waals surface area (Å²) in [4.78, 5) is 0. The number of benzene rings is 1. The van der Waals surface area contributed by atoms with Crippen molar-refractivity contribution >= 4 is 11.6 Å². The van der Waals surface area contributed by atoms with E-state index in [1.54, 1.807) is 0 Å². The van der Waals surface area contributed by atoms with E-state index in [1.807, 2.05) is 12.1 Å². The Bertz CT molecular complexity index is 387. The second kappa shape index (κ2) is 8.05. The third-order valence-electron chi connectivity index (χ3n) is 4.64. The molecule has 1 fully saturated rings. The number of nitrogens with one attached hydrogen (secondary N) is 1. The first-order chi connectivity index (χ1) is 9.69. The Hall–Kier alpha value is -0.530. The van der Waals surface area contributed by atoms with Crippen LogP contribution < -0.4 is 5.32 Å². The summed E-state index contributed by atoms with van der Waals surface area (Å²) in [6.07, 6.45) is 9.64. The van der Waals surface area contributed by atoms with Gasteiger partial charge in [-0.25, -0.2) is 0 Å². The van der Waals surface area contributed by atoms with Crippen molar-refractivity contribution in [1.29, 1.82) is 0 Å². The summed E-state index contributed by atoms with van der Waals surface area (Å²) < 4.78 is 0. The Morgan fingerprint density at radius 2 is 1.90 bits per heavy atom. The molecule has 1 aromatic carbocycles. The molecular formula is C18H28ClN. The van der Waals surface area contributed by atoms with Gasteiger partial charge in [0.15, 0.2) is 0 Å². The maximum absolute atomic E-state index is 5.96. The lowest BCUT2D eigenvalue weighted by atomic mass is 9.95. The van der Waals surface area contributed by atoms with E-state index >= 15 is 0 Å². The highest BCUT2D eigenvalue weighted by Crippen LogP contribution is 2.28. The Morgan fingerprint density at radius 1 is 1.15 bits per heavy atom. The molecule has 0 aliphatic heterocycles. The number of rotatable bonds is 5. The standard InChI is InChI=1S/C18H28ClN/c1-3-5-15-6-4-7-18(13-8-15)20-14(2)16-9-11-17(19)12-10-16/h9-12,14-15,18,20H,3-8,13H2,1-2H3/t14-,15?,18?/m1/s1. The molecule has 3 atom stereocenters. The minimum Gasteiger partial charge on any atom is -0.307 e. The molecule has 2 rings (SSSR count). The smallest absolute Gasteiger partial charge is 0.0406 e. The molecule has 0 spiro atoms. The summed E-state index contributed by atoms with van der Waals surface area (Å²) >= 11 is 5.96. The van der Waals surface area contributed by atoms with E-state index < -0.39 is 0 Å². The van der Waals surface area contributed by atoms with Gasteiger partial charge in [0, 0.05) is 17.1 Å². The Kier molecular flexibility index (Phi) is 6.38. The highest BCUT2D eigenvalue weighted by molar-refractivity contribution is 6.30. The molecule has 20 heavy (non-hydrogen) atoms. The van der Waals surface area contributed by atoms with Crippen LogP contribution in [0, 0.1) is 5.92 Å². The summed E-state index contributed by atoms with van der Waals surface area (Å²) in [5.41, 5.74) is 1.34. The number of halogens is 1. The van der Waals surface area contributed by atoms with Crippen LogP contribution in [0.1, 0.15) is 70.4 Å². The molecule has 1 aromatic rings. The van der Waals surface area contributed by atoms with Crippen molar-refractivity contribution in [2.24, 2.45) is 5.92 Å². The second-order valence-electron chi connectivity index (χ2n) is 6.30. The van der Waals surface area contributed by atoms with Crippen molar-refractivity contribution in [1.82, 2.24) is 5.32 Å². The molecular weight excluding hydrogens is 266 g/mol. The maximum Gasteiger partial charge on any atom is 0.0406 e. The van der Waals surface area contributed by atoms with Gasteiger partial charge < -0.3 is 5.32 Å². The Balaban J connectivity index is 1.85. The fourth-order valence-electron chi connectivity index (χ4n) is 3.44. The molecule has 0 bridgehead atoms. The molecule has 1 nitrogen and oxygen atoms in total. The van der Waals surface area contributed by atoms with Crippen LogP contribution in [-0.4, -0.2) is 6.04 Å². The first-order valence-electron chi connectivity index (χ1n) is 8.20. The van der Waals surface area contributed by atoms with Crippen LogP contribution in [0.3, 0.4) is 0 Å². The SMILES string of the molecule is CCCC1CCCC(N[C@H](C)c2ccc(Cl)cc2)CC1. The van der Waals surface area contributed by atoms with Gasteiger partial charge in [-0.3, -0.25) is 0 Å². The molecule has 0 aromatic heterocycles. The van der Waals surface area contributed by atoms with Gasteiger partial charge in [-0.1, -0.05) is 56.3 Å². The van der Waals surface area contributed by atoms with Gasteiger partial charge >= 0.3 is 0 Å². The lowest BCUT2D eigenvalue weighted by molar-refractivity contribution is 0.393. The minimum atomic E-state index is 0.417. The molecule has 0 amide bonds. The lowest BCUT2D eigenvalue weighted by Gasteiger charge is -2.22. The molecule has 0 saturated heterocycles. The van der Waals surface area contributed by atoms with Crippen molar-refractivity contribution in [3.8, 4) is 0 Å². The van der Waals surface area contributed by atoms with E-state index in [1.165, 1.54) is 50.5 Å². The van der Waals surface area contributed by atoms with Gasteiger partial charge in [0.2, 0.25) is 0 Å². The van der Waals surface area contributed by atoms with Crippen molar-refractivity contribution in [2.45, 2.75) is 70.9 Å². The minimum absolute atomic E-state index is 0.417. The fraction of sp³-hybridized carbons (Fsp3) is 0.667. The molecule has 2 heteroatoms. The lowest BCUT2D eigenvalue weighted by Crippen LogP contribution is -2.31. The van der Waals surface area contributed by atoms with Gasteiger partial charge in [-0.2, -0.15) is 0 Å². The normalized spacial score (nSPS) is 25.1. The second-order valence-corrected chi connectivity index (χ2v) is 6.74. The molecule has 1 aliphatic rings. The highest BCUT2D eigenvalue weighted by Gasteiger charge is 2.19. The van der Waals surface area contributed by atoms with E-state index in [9.17, 15) is 0 Å². The molecule has 0 heterocycles. The molecule has 1 aliphatic carbocycles. The molecule has 1 saturated carbocycles.